The molecule has 1 nitrogen and oxygen atoms in total. The molecule has 1 radical (unpaired) electrons. The number of fused-ring (bicyclic) bond motifs is 3. The maximum Gasteiger partial charge on any atom is 0.0155 e. The van der Waals surface area contributed by atoms with Crippen LogP contribution in [0.25, 0.3) is 0 Å². The second-order valence-electron chi connectivity index (χ2n) is 3.61. The molecule has 3 aliphatic rings. The first-order valence-electron chi connectivity index (χ1n) is 3.91. The summed E-state index contributed by atoms with van der Waals surface area (Å²) in [6.07, 6.45) is 7.79. The molecule has 0 saturated heterocycles. The summed E-state index contributed by atoms with van der Waals surface area (Å²) in [7, 11) is 0. The van der Waals surface area contributed by atoms with Crippen LogP contribution >= 0.6 is 0 Å². The van der Waals surface area contributed by atoms with E-state index in [1.165, 1.54) is 38.5 Å². The van der Waals surface area contributed by atoms with Crippen LogP contribution in [0.15, 0.2) is 0 Å². The van der Waals surface area contributed by atoms with Gasteiger partial charge in [0.15, 0.2) is 0 Å². The number of nitrogens with two attached hydrogens (primary N) is 1. The fourth-order valence-corrected chi connectivity index (χ4v) is 2.03. The molecule has 0 aromatic carbocycles. The third-order valence-electron chi connectivity index (χ3n) is 2.93. The van der Waals surface area contributed by atoms with E-state index in [2.05, 4.69) is 0 Å². The van der Waals surface area contributed by atoms with Gasteiger partial charge in [-0.1, -0.05) is 0 Å². The quantitative estimate of drug-likeness (QED) is 0.522. The Morgan fingerprint density at radius 2 is 1.44 bits per heavy atom. The summed E-state index contributed by atoms with van der Waals surface area (Å²) < 4.78 is 0. The van der Waals surface area contributed by atoms with Gasteiger partial charge >= 0.3 is 0 Å². The van der Waals surface area contributed by atoms with Gasteiger partial charge in [0.05, 0.1) is 0 Å². The fraction of sp³-hybridized carbons (Fsp3) is 0.875. The molecule has 2 bridgehead atoms. The largest absolute Gasteiger partial charge is 0.325 e. The van der Waals surface area contributed by atoms with Crippen LogP contribution in [-0.4, -0.2) is 5.54 Å². The second-order valence-corrected chi connectivity index (χ2v) is 3.61. The molecule has 3 saturated carbocycles. The standard InChI is InChI=1S/C8H14N/c9-8-4-1-7(2-5-8)3-6-8/h1-6,9H2. The van der Waals surface area contributed by atoms with E-state index in [0.717, 1.165) is 0 Å². The summed E-state index contributed by atoms with van der Waals surface area (Å²) in [5, 5.41) is 0. The van der Waals surface area contributed by atoms with Crippen molar-refractivity contribution >= 4 is 0 Å². The van der Waals surface area contributed by atoms with E-state index in [0.29, 0.717) is 0 Å². The number of rotatable bonds is 0. The molecule has 2 N–H and O–H groups in total. The first-order chi connectivity index (χ1) is 4.29. The molecular formula is C8H14N. The van der Waals surface area contributed by atoms with E-state index in [1.54, 1.807) is 5.92 Å². The fourth-order valence-electron chi connectivity index (χ4n) is 2.03. The maximum atomic E-state index is 6.08. The SMILES string of the molecule is NC12CC[C](CC1)CC2. The molecular weight excluding hydrogens is 110 g/mol. The molecule has 0 aliphatic heterocycles. The molecule has 0 unspecified atom stereocenters. The van der Waals surface area contributed by atoms with Gasteiger partial charge in [-0.2, -0.15) is 0 Å². The lowest BCUT2D eigenvalue weighted by molar-refractivity contribution is 0.230. The van der Waals surface area contributed by atoms with E-state index in [-0.39, 0.29) is 5.54 Å². The Labute approximate surface area is 56.6 Å². The Morgan fingerprint density at radius 3 is 1.67 bits per heavy atom. The van der Waals surface area contributed by atoms with Gasteiger partial charge < -0.3 is 5.73 Å². The smallest absolute Gasteiger partial charge is 0.0155 e. The van der Waals surface area contributed by atoms with Gasteiger partial charge in [-0.25, -0.2) is 0 Å². The Hall–Kier alpha value is -0.0400. The Morgan fingerprint density at radius 1 is 1.00 bits per heavy atom. The third kappa shape index (κ3) is 0.877. The normalized spacial score (nSPS) is 33.0. The molecule has 3 rings (SSSR count). The molecule has 1 heteroatoms. The van der Waals surface area contributed by atoms with Crippen molar-refractivity contribution in [2.24, 2.45) is 5.73 Å². The lowest BCUT2D eigenvalue weighted by atomic mass is 9.66. The molecule has 51 valence electrons. The summed E-state index contributed by atoms with van der Waals surface area (Å²) in [5.41, 5.74) is 6.35. The average Bonchev–Trinajstić information content (AvgIpc) is 1.90. The lowest BCUT2D eigenvalue weighted by Crippen LogP contribution is -2.46. The van der Waals surface area contributed by atoms with Crippen LogP contribution in [0.4, 0.5) is 0 Å². The first kappa shape index (κ1) is 5.72. The maximum absolute atomic E-state index is 6.08. The second kappa shape index (κ2) is 1.72. The highest BCUT2D eigenvalue weighted by Crippen LogP contribution is 2.43. The predicted octanol–water partition coefficient (Wildman–Crippen LogP) is 1.63. The number of hydrogen-bond acceptors (Lipinski definition) is 1. The summed E-state index contributed by atoms with van der Waals surface area (Å²) in [5.74, 6) is 1.78. The summed E-state index contributed by atoms with van der Waals surface area (Å²) in [6.45, 7) is 0. The zero-order chi connectivity index (χ0) is 6.32. The van der Waals surface area contributed by atoms with Crippen LogP contribution in [-0.2, 0) is 0 Å². The minimum atomic E-state index is 0.266. The van der Waals surface area contributed by atoms with Crippen LogP contribution in [0.3, 0.4) is 0 Å². The molecule has 3 fully saturated rings. The van der Waals surface area contributed by atoms with E-state index in [4.69, 9.17) is 5.73 Å². The van der Waals surface area contributed by atoms with E-state index >= 15 is 0 Å². The predicted molar refractivity (Wildman–Crippen MR) is 37.9 cm³/mol. The highest BCUT2D eigenvalue weighted by Gasteiger charge is 2.36. The van der Waals surface area contributed by atoms with Crippen molar-refractivity contribution in [3.63, 3.8) is 0 Å². The van der Waals surface area contributed by atoms with Gasteiger partial charge in [0.25, 0.3) is 0 Å². The van der Waals surface area contributed by atoms with Gasteiger partial charge in [-0.15, -0.1) is 0 Å². The van der Waals surface area contributed by atoms with Crippen LogP contribution in [0, 0.1) is 5.92 Å². The highest BCUT2D eigenvalue weighted by atomic mass is 14.8. The van der Waals surface area contributed by atoms with Gasteiger partial charge in [0, 0.05) is 5.54 Å². The van der Waals surface area contributed by atoms with E-state index < -0.39 is 0 Å². The minimum absolute atomic E-state index is 0.266. The van der Waals surface area contributed by atoms with Crippen LogP contribution in [0.2, 0.25) is 0 Å². The molecule has 0 heterocycles. The van der Waals surface area contributed by atoms with Crippen molar-refractivity contribution in [3.05, 3.63) is 5.92 Å². The Balaban J connectivity index is 2.11. The highest BCUT2D eigenvalue weighted by molar-refractivity contribution is 5.08. The lowest BCUT2D eigenvalue weighted by Gasteiger charge is -2.43. The topological polar surface area (TPSA) is 26.0 Å². The molecule has 9 heavy (non-hydrogen) atoms. The monoisotopic (exact) mass is 124 g/mol. The van der Waals surface area contributed by atoms with Crippen molar-refractivity contribution in [3.8, 4) is 0 Å². The van der Waals surface area contributed by atoms with Crippen LogP contribution in [0.5, 0.6) is 0 Å². The number of hydrogen-bond donors (Lipinski definition) is 1. The Kier molecular flexibility index (Phi) is 1.10. The molecule has 3 aliphatic carbocycles. The van der Waals surface area contributed by atoms with Gasteiger partial charge in [0.2, 0.25) is 0 Å². The summed E-state index contributed by atoms with van der Waals surface area (Å²) >= 11 is 0. The van der Waals surface area contributed by atoms with E-state index in [9.17, 15) is 0 Å². The zero-order valence-corrected chi connectivity index (χ0v) is 5.82. The molecule has 0 aromatic heterocycles. The van der Waals surface area contributed by atoms with E-state index in [1.807, 2.05) is 0 Å². The van der Waals surface area contributed by atoms with Gasteiger partial charge in [-0.05, 0) is 44.4 Å². The van der Waals surface area contributed by atoms with Crippen LogP contribution in [0.1, 0.15) is 38.5 Å². The molecule has 0 amide bonds. The molecule has 0 spiro atoms. The van der Waals surface area contributed by atoms with Crippen molar-refractivity contribution in [2.45, 2.75) is 44.1 Å². The van der Waals surface area contributed by atoms with Crippen LogP contribution < -0.4 is 5.73 Å². The van der Waals surface area contributed by atoms with Crippen molar-refractivity contribution in [1.29, 1.82) is 0 Å². The summed E-state index contributed by atoms with van der Waals surface area (Å²) in [4.78, 5) is 0. The first-order valence-corrected chi connectivity index (χ1v) is 3.91. The van der Waals surface area contributed by atoms with Crippen molar-refractivity contribution in [1.82, 2.24) is 0 Å². The molecule has 0 aromatic rings. The minimum Gasteiger partial charge on any atom is -0.325 e. The van der Waals surface area contributed by atoms with Crippen molar-refractivity contribution in [2.75, 3.05) is 0 Å². The van der Waals surface area contributed by atoms with Gasteiger partial charge in [-0.3, -0.25) is 0 Å². The Bertz CT molecular complexity index is 98.0. The molecule has 0 atom stereocenters. The third-order valence-corrected chi connectivity index (χ3v) is 2.93. The van der Waals surface area contributed by atoms with Crippen molar-refractivity contribution < 1.29 is 0 Å². The average molecular weight is 124 g/mol. The summed E-state index contributed by atoms with van der Waals surface area (Å²) in [6, 6.07) is 0. The zero-order valence-electron chi connectivity index (χ0n) is 5.82. The van der Waals surface area contributed by atoms with Gasteiger partial charge in [0.1, 0.15) is 0 Å².